The molecular formula is C11H14ClN5. The van der Waals surface area contributed by atoms with Crippen LogP contribution in [0.15, 0.2) is 12.4 Å². The van der Waals surface area contributed by atoms with Gasteiger partial charge in [-0.25, -0.2) is 9.97 Å². The van der Waals surface area contributed by atoms with Gasteiger partial charge in [0.25, 0.3) is 0 Å². The van der Waals surface area contributed by atoms with Crippen molar-refractivity contribution in [1.29, 1.82) is 0 Å². The lowest BCUT2D eigenvalue weighted by Gasteiger charge is -2.02. The topological polar surface area (TPSA) is 69.6 Å². The summed E-state index contributed by atoms with van der Waals surface area (Å²) in [5, 5.41) is 4.89. The van der Waals surface area contributed by atoms with E-state index in [1.54, 1.807) is 4.68 Å². The molecule has 0 aliphatic carbocycles. The maximum absolute atomic E-state index is 6.15. The number of anilines is 1. The summed E-state index contributed by atoms with van der Waals surface area (Å²) in [4.78, 5) is 8.17. The molecule has 2 heterocycles. The molecule has 0 amide bonds. The summed E-state index contributed by atoms with van der Waals surface area (Å²) in [6.45, 7) is 5.92. The number of aryl methyl sites for hydroxylation is 1. The minimum atomic E-state index is 0.217. The molecule has 2 N–H and O–H groups in total. The quantitative estimate of drug-likeness (QED) is 0.889. The molecular weight excluding hydrogens is 238 g/mol. The van der Waals surface area contributed by atoms with Crippen molar-refractivity contribution in [3.63, 3.8) is 0 Å². The van der Waals surface area contributed by atoms with Crippen LogP contribution in [0.4, 0.5) is 5.82 Å². The van der Waals surface area contributed by atoms with Crippen molar-refractivity contribution in [2.24, 2.45) is 0 Å². The third-order valence-electron chi connectivity index (χ3n) is 2.44. The van der Waals surface area contributed by atoms with Crippen molar-refractivity contribution in [1.82, 2.24) is 19.7 Å². The van der Waals surface area contributed by atoms with Crippen LogP contribution >= 0.6 is 11.6 Å². The zero-order valence-corrected chi connectivity index (χ0v) is 10.7. The lowest BCUT2D eigenvalue weighted by molar-refractivity contribution is 0.758. The maximum atomic E-state index is 6.15. The zero-order chi connectivity index (χ0) is 12.6. The molecule has 2 rings (SSSR count). The lowest BCUT2D eigenvalue weighted by Crippen LogP contribution is -2.05. The van der Waals surface area contributed by atoms with Gasteiger partial charge < -0.3 is 5.73 Å². The highest BCUT2D eigenvalue weighted by Crippen LogP contribution is 2.30. The van der Waals surface area contributed by atoms with E-state index >= 15 is 0 Å². The van der Waals surface area contributed by atoms with Crippen molar-refractivity contribution in [3.05, 3.63) is 28.8 Å². The second-order valence-electron chi connectivity index (χ2n) is 4.17. The molecule has 0 bridgehead atoms. The first-order chi connectivity index (χ1) is 8.00. The van der Waals surface area contributed by atoms with E-state index in [9.17, 15) is 0 Å². The van der Waals surface area contributed by atoms with E-state index in [0.717, 1.165) is 11.4 Å². The summed E-state index contributed by atoms with van der Waals surface area (Å²) < 4.78 is 1.55. The van der Waals surface area contributed by atoms with E-state index in [1.807, 2.05) is 26.8 Å². The van der Waals surface area contributed by atoms with Crippen molar-refractivity contribution in [2.75, 3.05) is 5.73 Å². The van der Waals surface area contributed by atoms with Gasteiger partial charge in [-0.05, 0) is 12.8 Å². The van der Waals surface area contributed by atoms with Crippen LogP contribution < -0.4 is 5.73 Å². The molecule has 0 unspecified atom stereocenters. The van der Waals surface area contributed by atoms with Crippen LogP contribution in [-0.4, -0.2) is 19.7 Å². The van der Waals surface area contributed by atoms with Crippen LogP contribution in [0.3, 0.4) is 0 Å². The Morgan fingerprint density at radius 3 is 2.59 bits per heavy atom. The van der Waals surface area contributed by atoms with Gasteiger partial charge in [-0.3, -0.25) is 0 Å². The molecule has 0 aromatic carbocycles. The Hall–Kier alpha value is -1.62. The molecule has 5 nitrogen and oxygen atoms in total. The zero-order valence-electron chi connectivity index (χ0n) is 9.98. The average molecular weight is 252 g/mol. The summed E-state index contributed by atoms with van der Waals surface area (Å²) >= 11 is 6.15. The molecule has 0 saturated carbocycles. The maximum Gasteiger partial charge on any atom is 0.159 e. The van der Waals surface area contributed by atoms with Crippen LogP contribution in [0, 0.1) is 6.92 Å². The molecule has 0 atom stereocenters. The lowest BCUT2D eigenvalue weighted by atomic mass is 10.1. The second kappa shape index (κ2) is 4.33. The largest absolute Gasteiger partial charge is 0.382 e. The van der Waals surface area contributed by atoms with Gasteiger partial charge in [0, 0.05) is 11.8 Å². The first kappa shape index (κ1) is 11.9. The highest BCUT2D eigenvalue weighted by molar-refractivity contribution is 6.33. The van der Waals surface area contributed by atoms with Gasteiger partial charge >= 0.3 is 0 Å². The Morgan fingerprint density at radius 2 is 2.06 bits per heavy atom. The number of nitrogens with zero attached hydrogens (tertiary/aromatic N) is 4. The number of nitrogen functional groups attached to an aromatic ring is 1. The third kappa shape index (κ3) is 2.10. The van der Waals surface area contributed by atoms with Crippen LogP contribution in [-0.2, 0) is 0 Å². The number of halogens is 1. The normalized spacial score (nSPS) is 11.1. The molecule has 0 spiro atoms. The molecule has 0 aliphatic heterocycles. The first-order valence-corrected chi connectivity index (χ1v) is 5.71. The summed E-state index contributed by atoms with van der Waals surface area (Å²) in [7, 11) is 0. The van der Waals surface area contributed by atoms with E-state index in [2.05, 4.69) is 15.1 Å². The van der Waals surface area contributed by atoms with Crippen molar-refractivity contribution < 1.29 is 0 Å². The number of hydrogen-bond donors (Lipinski definition) is 1. The van der Waals surface area contributed by atoms with Crippen LogP contribution in [0.25, 0.3) is 5.82 Å². The Kier molecular flexibility index (Phi) is 3.02. The molecule has 2 aromatic heterocycles. The van der Waals surface area contributed by atoms with Gasteiger partial charge in [0.15, 0.2) is 5.82 Å². The fraction of sp³-hybridized carbons (Fsp3) is 0.364. The van der Waals surface area contributed by atoms with E-state index in [1.165, 1.54) is 6.33 Å². The number of aromatic nitrogens is 4. The molecule has 0 fully saturated rings. The molecule has 0 saturated heterocycles. The average Bonchev–Trinajstić information content (AvgIpc) is 2.56. The summed E-state index contributed by atoms with van der Waals surface area (Å²) in [6, 6.07) is 1.81. The molecule has 17 heavy (non-hydrogen) atoms. The third-order valence-corrected chi connectivity index (χ3v) is 2.83. The van der Waals surface area contributed by atoms with Crippen LogP contribution in [0.5, 0.6) is 0 Å². The van der Waals surface area contributed by atoms with Gasteiger partial charge in [-0.2, -0.15) is 9.78 Å². The Morgan fingerprint density at radius 1 is 1.35 bits per heavy atom. The second-order valence-corrected chi connectivity index (χ2v) is 4.55. The predicted molar refractivity (Wildman–Crippen MR) is 67.4 cm³/mol. The van der Waals surface area contributed by atoms with Crippen LogP contribution in [0.1, 0.15) is 31.2 Å². The SMILES string of the molecule is Cc1cc(-n2nc(C(C)C)c(Cl)c2N)ncn1. The van der Waals surface area contributed by atoms with Gasteiger partial charge in [-0.15, -0.1) is 0 Å². The summed E-state index contributed by atoms with van der Waals surface area (Å²) in [5.41, 5.74) is 7.56. The highest BCUT2D eigenvalue weighted by atomic mass is 35.5. The Bertz CT molecular complexity index is 547. The van der Waals surface area contributed by atoms with E-state index in [4.69, 9.17) is 17.3 Å². The first-order valence-electron chi connectivity index (χ1n) is 5.33. The van der Waals surface area contributed by atoms with Crippen molar-refractivity contribution >= 4 is 17.4 Å². The number of hydrogen-bond acceptors (Lipinski definition) is 4. The minimum Gasteiger partial charge on any atom is -0.382 e. The summed E-state index contributed by atoms with van der Waals surface area (Å²) in [6.07, 6.45) is 1.48. The summed E-state index contributed by atoms with van der Waals surface area (Å²) in [5.74, 6) is 1.26. The monoisotopic (exact) mass is 251 g/mol. The minimum absolute atomic E-state index is 0.217. The van der Waals surface area contributed by atoms with Crippen LogP contribution in [0.2, 0.25) is 5.02 Å². The van der Waals surface area contributed by atoms with E-state index < -0.39 is 0 Å². The van der Waals surface area contributed by atoms with E-state index in [0.29, 0.717) is 16.7 Å². The highest BCUT2D eigenvalue weighted by Gasteiger charge is 2.17. The molecule has 0 radical (unpaired) electrons. The van der Waals surface area contributed by atoms with Gasteiger partial charge in [0.1, 0.15) is 17.2 Å². The predicted octanol–water partition coefficient (Wildman–Crippen LogP) is 2.33. The number of nitrogens with two attached hydrogens (primary N) is 1. The van der Waals surface area contributed by atoms with Gasteiger partial charge in [0.05, 0.1) is 5.69 Å². The van der Waals surface area contributed by atoms with Gasteiger partial charge in [0.2, 0.25) is 0 Å². The van der Waals surface area contributed by atoms with Crippen molar-refractivity contribution in [2.45, 2.75) is 26.7 Å². The fourth-order valence-corrected chi connectivity index (χ4v) is 1.87. The smallest absolute Gasteiger partial charge is 0.159 e. The van der Waals surface area contributed by atoms with E-state index in [-0.39, 0.29) is 5.92 Å². The molecule has 2 aromatic rings. The fourth-order valence-electron chi connectivity index (χ4n) is 1.53. The Labute approximate surface area is 105 Å². The standard InChI is InChI=1S/C11H14ClN5/c1-6(2)10-9(12)11(13)17(16-10)8-4-7(3)14-5-15-8/h4-6H,13H2,1-3H3. The Balaban J connectivity index is 2.57. The number of rotatable bonds is 2. The molecule has 90 valence electrons. The van der Waals surface area contributed by atoms with Crippen molar-refractivity contribution in [3.8, 4) is 5.82 Å². The molecule has 6 heteroatoms. The molecule has 0 aliphatic rings. The van der Waals surface area contributed by atoms with Gasteiger partial charge in [-0.1, -0.05) is 25.4 Å².